The Morgan fingerprint density at radius 1 is 1.17 bits per heavy atom. The highest BCUT2D eigenvalue weighted by Crippen LogP contribution is 2.11. The lowest BCUT2D eigenvalue weighted by Crippen LogP contribution is -2.19. The maximum Gasteiger partial charge on any atom is 0.147 e. The molecule has 2 rings (SSSR count). The van der Waals surface area contributed by atoms with Crippen molar-refractivity contribution in [2.45, 2.75) is 19.3 Å². The number of hydrogen-bond donors (Lipinski definition) is 0. The second kappa shape index (κ2) is 5.78. The molecule has 0 bridgehead atoms. The van der Waals surface area contributed by atoms with Gasteiger partial charge in [-0.05, 0) is 19.1 Å². The molecule has 94 valence electrons. The first-order valence-electron chi connectivity index (χ1n) is 5.69. The summed E-state index contributed by atoms with van der Waals surface area (Å²) in [5, 5.41) is 0. The van der Waals surface area contributed by atoms with Gasteiger partial charge >= 0.3 is 0 Å². The van der Waals surface area contributed by atoms with E-state index < -0.39 is 0 Å². The Morgan fingerprint density at radius 3 is 2.61 bits per heavy atom. The first-order chi connectivity index (χ1) is 8.69. The van der Waals surface area contributed by atoms with Crippen LogP contribution in [-0.2, 0) is 12.4 Å². The van der Waals surface area contributed by atoms with E-state index in [1.807, 2.05) is 37.1 Å². The minimum atomic E-state index is 0.385. The lowest BCUT2D eigenvalue weighted by Gasteiger charge is -2.17. The van der Waals surface area contributed by atoms with E-state index in [4.69, 9.17) is 11.6 Å². The quantitative estimate of drug-likeness (QED) is 0.794. The van der Waals surface area contributed by atoms with Crippen molar-refractivity contribution in [2.75, 3.05) is 11.9 Å². The number of aryl methyl sites for hydroxylation is 1. The third-order valence-electron chi connectivity index (χ3n) is 2.56. The number of nitrogens with zero attached hydrogens (tertiary/aromatic N) is 4. The van der Waals surface area contributed by atoms with Crippen molar-refractivity contribution in [3.05, 3.63) is 47.7 Å². The maximum absolute atomic E-state index is 5.68. The summed E-state index contributed by atoms with van der Waals surface area (Å²) < 4.78 is 0. The maximum atomic E-state index is 5.68. The molecule has 2 heterocycles. The Kier molecular flexibility index (Phi) is 4.10. The molecular formula is C13H15ClN4. The fourth-order valence-corrected chi connectivity index (χ4v) is 1.76. The molecule has 0 aliphatic heterocycles. The van der Waals surface area contributed by atoms with Crippen LogP contribution in [0.15, 0.2) is 30.6 Å². The Morgan fingerprint density at radius 2 is 2.00 bits per heavy atom. The molecule has 0 aromatic carbocycles. The van der Waals surface area contributed by atoms with Gasteiger partial charge in [-0.15, -0.1) is 11.6 Å². The number of rotatable bonds is 4. The summed E-state index contributed by atoms with van der Waals surface area (Å²) in [5.41, 5.74) is 2.81. The van der Waals surface area contributed by atoms with E-state index in [1.54, 1.807) is 12.4 Å². The molecule has 0 N–H and O–H groups in total. The van der Waals surface area contributed by atoms with Crippen LogP contribution < -0.4 is 4.90 Å². The van der Waals surface area contributed by atoms with Crippen molar-refractivity contribution < 1.29 is 0 Å². The molecule has 0 aliphatic carbocycles. The van der Waals surface area contributed by atoms with Crippen LogP contribution in [0.25, 0.3) is 0 Å². The summed E-state index contributed by atoms with van der Waals surface area (Å²) in [6.45, 7) is 2.69. The van der Waals surface area contributed by atoms with E-state index >= 15 is 0 Å². The molecule has 0 radical (unpaired) electrons. The molecule has 0 atom stereocenters. The number of halogens is 1. The number of pyridine rings is 1. The second-order valence-corrected chi connectivity index (χ2v) is 4.39. The first kappa shape index (κ1) is 12.8. The Labute approximate surface area is 112 Å². The lowest BCUT2D eigenvalue weighted by atomic mass is 10.3. The summed E-state index contributed by atoms with van der Waals surface area (Å²) in [6.07, 6.45) is 3.43. The lowest BCUT2D eigenvalue weighted by molar-refractivity contribution is 0.850. The fourth-order valence-electron chi connectivity index (χ4n) is 1.63. The molecule has 0 fully saturated rings. The van der Waals surface area contributed by atoms with Crippen molar-refractivity contribution in [2.24, 2.45) is 0 Å². The topological polar surface area (TPSA) is 41.9 Å². The molecule has 0 saturated heterocycles. The summed E-state index contributed by atoms with van der Waals surface area (Å²) >= 11 is 5.68. The highest BCUT2D eigenvalue weighted by atomic mass is 35.5. The van der Waals surface area contributed by atoms with Gasteiger partial charge < -0.3 is 4.90 Å². The van der Waals surface area contributed by atoms with Gasteiger partial charge in [0.15, 0.2) is 0 Å². The van der Waals surface area contributed by atoms with Gasteiger partial charge in [0.2, 0.25) is 0 Å². The van der Waals surface area contributed by atoms with Gasteiger partial charge in [0.05, 0.1) is 36.2 Å². The van der Waals surface area contributed by atoms with Crippen LogP contribution in [0.4, 0.5) is 5.82 Å². The average molecular weight is 263 g/mol. The van der Waals surface area contributed by atoms with Crippen LogP contribution in [-0.4, -0.2) is 22.0 Å². The minimum Gasteiger partial charge on any atom is -0.353 e. The van der Waals surface area contributed by atoms with E-state index in [0.29, 0.717) is 12.4 Å². The van der Waals surface area contributed by atoms with Crippen LogP contribution in [0.2, 0.25) is 0 Å². The normalized spacial score (nSPS) is 10.4. The molecule has 0 amide bonds. The molecule has 4 nitrogen and oxygen atoms in total. The van der Waals surface area contributed by atoms with Crippen LogP contribution in [0.3, 0.4) is 0 Å². The van der Waals surface area contributed by atoms with Crippen molar-refractivity contribution in [1.82, 2.24) is 15.0 Å². The predicted molar refractivity (Wildman–Crippen MR) is 72.7 cm³/mol. The summed E-state index contributed by atoms with van der Waals surface area (Å²) in [6, 6.07) is 6.00. The van der Waals surface area contributed by atoms with E-state index in [9.17, 15) is 0 Å². The Balaban J connectivity index is 2.09. The van der Waals surface area contributed by atoms with Crippen molar-refractivity contribution >= 4 is 17.4 Å². The van der Waals surface area contributed by atoms with Gasteiger partial charge in [-0.2, -0.15) is 0 Å². The molecule has 0 spiro atoms. The monoisotopic (exact) mass is 262 g/mol. The van der Waals surface area contributed by atoms with Gasteiger partial charge in [-0.1, -0.05) is 6.07 Å². The standard InChI is InChI=1S/C13H15ClN4/c1-10-4-3-5-11(17-10)9-18(2)13-8-15-12(6-14)7-16-13/h3-5,7-8H,6,9H2,1-2H3. The van der Waals surface area contributed by atoms with Gasteiger partial charge in [-0.3, -0.25) is 9.97 Å². The fraction of sp³-hybridized carbons (Fsp3) is 0.308. The van der Waals surface area contributed by atoms with Crippen molar-refractivity contribution in [3.63, 3.8) is 0 Å². The van der Waals surface area contributed by atoms with Gasteiger partial charge in [0.25, 0.3) is 0 Å². The summed E-state index contributed by atoms with van der Waals surface area (Å²) in [7, 11) is 1.97. The first-order valence-corrected chi connectivity index (χ1v) is 6.23. The zero-order valence-electron chi connectivity index (χ0n) is 10.5. The second-order valence-electron chi connectivity index (χ2n) is 4.13. The molecule has 2 aromatic heterocycles. The molecule has 5 heteroatoms. The molecule has 18 heavy (non-hydrogen) atoms. The SMILES string of the molecule is Cc1cccc(CN(C)c2cnc(CCl)cn2)n1. The van der Waals surface area contributed by atoms with Crippen LogP contribution in [0, 0.1) is 6.92 Å². The smallest absolute Gasteiger partial charge is 0.147 e. The van der Waals surface area contributed by atoms with E-state index in [2.05, 4.69) is 15.0 Å². The predicted octanol–water partition coefficient (Wildman–Crippen LogP) is 2.56. The number of hydrogen-bond acceptors (Lipinski definition) is 4. The van der Waals surface area contributed by atoms with Gasteiger partial charge in [0.1, 0.15) is 5.82 Å². The number of anilines is 1. The Bertz CT molecular complexity index is 513. The van der Waals surface area contributed by atoms with E-state index in [-0.39, 0.29) is 0 Å². The molecule has 0 saturated carbocycles. The molecule has 2 aromatic rings. The van der Waals surface area contributed by atoms with Crippen molar-refractivity contribution in [1.29, 1.82) is 0 Å². The van der Waals surface area contributed by atoms with Gasteiger partial charge in [-0.25, -0.2) is 4.98 Å². The molecule has 0 aliphatic rings. The van der Waals surface area contributed by atoms with Crippen LogP contribution in [0.1, 0.15) is 17.1 Å². The Hall–Kier alpha value is -1.68. The van der Waals surface area contributed by atoms with E-state index in [0.717, 1.165) is 22.9 Å². The van der Waals surface area contributed by atoms with Gasteiger partial charge in [0, 0.05) is 12.7 Å². The molecular weight excluding hydrogens is 248 g/mol. The third kappa shape index (κ3) is 3.17. The van der Waals surface area contributed by atoms with E-state index in [1.165, 1.54) is 0 Å². The van der Waals surface area contributed by atoms with Crippen LogP contribution in [0.5, 0.6) is 0 Å². The zero-order valence-corrected chi connectivity index (χ0v) is 11.2. The highest BCUT2D eigenvalue weighted by Gasteiger charge is 2.05. The minimum absolute atomic E-state index is 0.385. The molecule has 0 unspecified atom stereocenters. The largest absolute Gasteiger partial charge is 0.353 e. The summed E-state index contributed by atoms with van der Waals surface area (Å²) in [4.78, 5) is 15.0. The van der Waals surface area contributed by atoms with Crippen LogP contribution >= 0.6 is 11.6 Å². The highest BCUT2D eigenvalue weighted by molar-refractivity contribution is 6.16. The van der Waals surface area contributed by atoms with Crippen molar-refractivity contribution in [3.8, 4) is 0 Å². The zero-order chi connectivity index (χ0) is 13.0. The number of alkyl halides is 1. The summed E-state index contributed by atoms with van der Waals surface area (Å²) in [5.74, 6) is 1.20. The number of aromatic nitrogens is 3. The average Bonchev–Trinajstić information content (AvgIpc) is 2.39. The third-order valence-corrected chi connectivity index (χ3v) is 2.84.